The lowest BCUT2D eigenvalue weighted by molar-refractivity contribution is 0.458. The van der Waals surface area contributed by atoms with Gasteiger partial charge >= 0.3 is 0 Å². The molecule has 0 saturated heterocycles. The third-order valence-corrected chi connectivity index (χ3v) is 14.9. The standard InChI is InChI=1S/C55H48BN3OS/c1-53(2,3)33-19-24-37(25-20-33)57-42-29-23-36-32-41(42)56-48-43(57)15-12-16-44(48)58(38-26-21-34(22-27-38)54(4,5)6)50-40-28-30-47-51(60-45-17-9-10-18-46(45)61-47)49(40)59(52(50)56)39-14-11-13-35(31-39)55(36,7)8/h9-32H,1-8H3. The van der Waals surface area contributed by atoms with Crippen LogP contribution in [0.5, 0.6) is 11.5 Å². The Bertz CT molecular complexity index is 3150. The van der Waals surface area contributed by atoms with Crippen LogP contribution in [0.25, 0.3) is 16.6 Å². The maximum atomic E-state index is 7.10. The largest absolute Gasteiger partial charge is 0.453 e. The van der Waals surface area contributed by atoms with Crippen LogP contribution in [0.4, 0.5) is 34.1 Å². The summed E-state index contributed by atoms with van der Waals surface area (Å²) in [6.45, 7) is 18.4. The van der Waals surface area contributed by atoms with Gasteiger partial charge in [0.2, 0.25) is 0 Å². The van der Waals surface area contributed by atoms with Crippen molar-refractivity contribution in [1.82, 2.24) is 4.57 Å². The Kier molecular flexibility index (Phi) is 7.52. The minimum Gasteiger partial charge on any atom is -0.453 e. The van der Waals surface area contributed by atoms with Gasteiger partial charge in [-0.2, -0.15) is 0 Å². The molecule has 6 heteroatoms. The van der Waals surface area contributed by atoms with Crippen LogP contribution in [-0.2, 0) is 16.2 Å². The third-order valence-electron chi connectivity index (χ3n) is 13.8. The molecule has 0 aliphatic carbocycles. The molecule has 0 N–H and O–H groups in total. The molecule has 5 heterocycles. The molecule has 0 radical (unpaired) electrons. The Morgan fingerprint density at radius 3 is 1.90 bits per heavy atom. The van der Waals surface area contributed by atoms with Crippen LogP contribution in [0, 0.1) is 0 Å². The second-order valence-corrected chi connectivity index (χ2v) is 20.9. The average Bonchev–Trinajstić information content (AvgIpc) is 3.60. The normalized spacial score (nSPS) is 15.3. The lowest BCUT2D eigenvalue weighted by Gasteiger charge is -2.44. The van der Waals surface area contributed by atoms with Crippen LogP contribution >= 0.6 is 11.8 Å². The molecule has 61 heavy (non-hydrogen) atoms. The van der Waals surface area contributed by atoms with Crippen LogP contribution in [0.1, 0.15) is 77.6 Å². The van der Waals surface area contributed by atoms with E-state index in [-0.39, 0.29) is 23.0 Å². The summed E-state index contributed by atoms with van der Waals surface area (Å²) in [5, 5.41) is 1.17. The summed E-state index contributed by atoms with van der Waals surface area (Å²) in [4.78, 5) is 7.34. The minimum atomic E-state index is -0.256. The Labute approximate surface area is 363 Å². The molecule has 7 aromatic carbocycles. The number of rotatable bonds is 2. The van der Waals surface area contributed by atoms with E-state index in [4.69, 9.17) is 4.74 Å². The minimum absolute atomic E-state index is 0.0278. The fourth-order valence-electron chi connectivity index (χ4n) is 10.4. The summed E-state index contributed by atoms with van der Waals surface area (Å²) in [6, 6.07) is 55.2. The van der Waals surface area contributed by atoms with Crippen LogP contribution < -0.4 is 31.1 Å². The number of hydrogen-bond acceptors (Lipinski definition) is 4. The Morgan fingerprint density at radius 1 is 0.557 bits per heavy atom. The summed E-state index contributed by atoms with van der Waals surface area (Å²) in [7, 11) is 0. The molecule has 0 unspecified atom stereocenters. The highest BCUT2D eigenvalue weighted by Gasteiger charge is 2.48. The lowest BCUT2D eigenvalue weighted by Crippen LogP contribution is -2.63. The zero-order chi connectivity index (χ0) is 41.7. The zero-order valence-electron chi connectivity index (χ0n) is 36.1. The first-order valence-electron chi connectivity index (χ1n) is 21.6. The van der Waals surface area contributed by atoms with Crippen LogP contribution in [0.3, 0.4) is 0 Å². The van der Waals surface area contributed by atoms with E-state index in [9.17, 15) is 0 Å². The van der Waals surface area contributed by atoms with E-state index in [1.165, 1.54) is 66.9 Å². The highest BCUT2D eigenvalue weighted by atomic mass is 32.2. The predicted octanol–water partition coefficient (Wildman–Crippen LogP) is 13.2. The molecule has 298 valence electrons. The number of anilines is 6. The number of ether oxygens (including phenoxy) is 1. The number of fused-ring (bicyclic) bond motifs is 10. The van der Waals surface area contributed by atoms with E-state index in [0.29, 0.717) is 0 Å². The number of para-hydroxylation sites is 1. The first-order chi connectivity index (χ1) is 29.3. The molecule has 0 fully saturated rings. The van der Waals surface area contributed by atoms with Crippen molar-refractivity contribution < 1.29 is 4.74 Å². The molecular weight excluding hydrogens is 762 g/mol. The summed E-state index contributed by atoms with van der Waals surface area (Å²) in [5.41, 5.74) is 18.3. The van der Waals surface area contributed by atoms with Crippen molar-refractivity contribution in [3.8, 4) is 17.2 Å². The van der Waals surface area contributed by atoms with Gasteiger partial charge < -0.3 is 19.1 Å². The molecule has 1 aromatic heterocycles. The molecule has 8 aromatic rings. The van der Waals surface area contributed by atoms with Gasteiger partial charge in [0, 0.05) is 50.5 Å². The summed E-state index contributed by atoms with van der Waals surface area (Å²) < 4.78 is 9.68. The number of aromatic nitrogens is 1. The maximum absolute atomic E-state index is 7.10. The van der Waals surface area contributed by atoms with Gasteiger partial charge in [-0.25, -0.2) is 0 Å². The SMILES string of the molecule is CC(C)(C)c1ccc(N2c3ccc4cc3B3c5c2cccc5N(c2ccc(C(C)(C)C)cc2)c2c3n(c3c5c(ccc23)Sc2ccccc2O5)-c2cccc(c2)C4(C)C)cc1. The summed E-state index contributed by atoms with van der Waals surface area (Å²) >= 11 is 1.80. The zero-order valence-corrected chi connectivity index (χ0v) is 36.9. The summed E-state index contributed by atoms with van der Waals surface area (Å²) in [5.74, 6) is 1.81. The molecule has 0 spiro atoms. The Morgan fingerprint density at radius 2 is 1.20 bits per heavy atom. The second-order valence-electron chi connectivity index (χ2n) is 19.9. The third kappa shape index (κ3) is 5.21. The molecule has 4 aliphatic rings. The van der Waals surface area contributed by atoms with Crippen molar-refractivity contribution in [1.29, 1.82) is 0 Å². The molecule has 0 atom stereocenters. The number of benzene rings is 7. The van der Waals surface area contributed by atoms with Crippen molar-refractivity contribution in [2.45, 2.75) is 81.4 Å². The number of hydrogen-bond donors (Lipinski definition) is 0. The molecule has 4 nitrogen and oxygen atoms in total. The quantitative estimate of drug-likeness (QED) is 0.162. The van der Waals surface area contributed by atoms with E-state index in [1.807, 2.05) is 0 Å². The van der Waals surface area contributed by atoms with Gasteiger partial charge in [0.05, 0.1) is 21.0 Å². The van der Waals surface area contributed by atoms with E-state index in [2.05, 4.69) is 215 Å². The molecule has 12 rings (SSSR count). The van der Waals surface area contributed by atoms with Crippen molar-refractivity contribution in [2.75, 3.05) is 9.80 Å². The molecular formula is C55H48BN3OS. The van der Waals surface area contributed by atoms with Crippen LogP contribution in [0.2, 0.25) is 0 Å². The monoisotopic (exact) mass is 809 g/mol. The fraction of sp³-hybridized carbons (Fsp3) is 0.200. The van der Waals surface area contributed by atoms with Crippen molar-refractivity contribution in [3.63, 3.8) is 0 Å². The van der Waals surface area contributed by atoms with Gasteiger partial charge in [0.1, 0.15) is 5.75 Å². The summed E-state index contributed by atoms with van der Waals surface area (Å²) in [6.07, 6.45) is 0. The molecule has 4 aliphatic heterocycles. The smallest absolute Gasteiger partial charge is 0.273 e. The van der Waals surface area contributed by atoms with Gasteiger partial charge in [-0.05, 0) is 123 Å². The van der Waals surface area contributed by atoms with Gasteiger partial charge in [0.25, 0.3) is 6.71 Å². The Balaban J connectivity index is 1.24. The molecule has 0 saturated carbocycles. The van der Waals surface area contributed by atoms with Crippen LogP contribution in [0.15, 0.2) is 155 Å². The van der Waals surface area contributed by atoms with E-state index in [0.717, 1.165) is 43.9 Å². The highest BCUT2D eigenvalue weighted by Crippen LogP contribution is 2.54. The maximum Gasteiger partial charge on any atom is 0.273 e. The van der Waals surface area contributed by atoms with Crippen LogP contribution in [-0.4, -0.2) is 11.3 Å². The van der Waals surface area contributed by atoms with Crippen molar-refractivity contribution >= 4 is 80.0 Å². The highest BCUT2D eigenvalue weighted by molar-refractivity contribution is 7.99. The van der Waals surface area contributed by atoms with Gasteiger partial charge in [-0.15, -0.1) is 0 Å². The van der Waals surface area contributed by atoms with Gasteiger partial charge in [-0.1, -0.05) is 134 Å². The Hall–Kier alpha value is -6.11. The second kappa shape index (κ2) is 12.5. The average molecular weight is 810 g/mol. The van der Waals surface area contributed by atoms with E-state index >= 15 is 0 Å². The fourth-order valence-corrected chi connectivity index (χ4v) is 11.3. The predicted molar refractivity (Wildman–Crippen MR) is 257 cm³/mol. The van der Waals surface area contributed by atoms with Gasteiger partial charge in [-0.3, -0.25) is 0 Å². The number of nitrogens with zero attached hydrogens (tertiary/aromatic N) is 3. The first kappa shape index (κ1) is 36.7. The topological polar surface area (TPSA) is 20.6 Å². The molecule has 0 amide bonds. The van der Waals surface area contributed by atoms with Crippen molar-refractivity contribution in [3.05, 3.63) is 168 Å². The first-order valence-corrected chi connectivity index (χ1v) is 22.4. The van der Waals surface area contributed by atoms with E-state index < -0.39 is 0 Å². The van der Waals surface area contributed by atoms with Gasteiger partial charge in [0.15, 0.2) is 5.75 Å². The van der Waals surface area contributed by atoms with E-state index in [1.54, 1.807) is 11.8 Å². The molecule has 4 bridgehead atoms. The van der Waals surface area contributed by atoms with Crippen molar-refractivity contribution in [2.24, 2.45) is 0 Å². The lowest BCUT2D eigenvalue weighted by atomic mass is 9.34.